The number of carbonyl (C=O) groups excluding carboxylic acids is 1. The fourth-order valence-electron chi connectivity index (χ4n) is 4.57. The van der Waals surface area contributed by atoms with E-state index in [1.165, 1.54) is 19.4 Å². The van der Waals surface area contributed by atoms with Crippen LogP contribution in [0, 0.1) is 5.82 Å². The molecule has 1 unspecified atom stereocenters. The second kappa shape index (κ2) is 12.1. The Morgan fingerprint density at radius 3 is 2.33 bits per heavy atom. The minimum Gasteiger partial charge on any atom is -0.480 e. The summed E-state index contributed by atoms with van der Waals surface area (Å²) in [6, 6.07) is 7.67. The van der Waals surface area contributed by atoms with Crippen molar-refractivity contribution in [2.45, 2.75) is 50.4 Å². The van der Waals surface area contributed by atoms with Crippen LogP contribution in [-0.2, 0) is 16.1 Å². The molecule has 1 amide bonds. The molecule has 0 radical (unpaired) electrons. The highest BCUT2D eigenvalue weighted by Gasteiger charge is 2.41. The fraction of sp³-hybridized carbons (Fsp3) is 0.375. The van der Waals surface area contributed by atoms with Gasteiger partial charge >= 0.3 is 11.9 Å². The topological polar surface area (TPSA) is 168 Å². The number of amides is 1. The highest BCUT2D eigenvalue weighted by molar-refractivity contribution is 5.96. The average molecular weight is 502 g/mol. The third-order valence-corrected chi connectivity index (χ3v) is 6.11. The van der Waals surface area contributed by atoms with Gasteiger partial charge < -0.3 is 26.0 Å². The molecule has 1 aromatic carbocycles. The number of aromatic nitrogens is 2. The van der Waals surface area contributed by atoms with Gasteiger partial charge in [0.1, 0.15) is 11.4 Å². The van der Waals surface area contributed by atoms with Crippen molar-refractivity contribution in [1.82, 2.24) is 20.2 Å². The molecular weight excluding hydrogens is 473 g/mol. The third-order valence-electron chi connectivity index (χ3n) is 6.11. The Bertz CT molecular complexity index is 1110. The molecule has 0 aliphatic carbocycles. The number of hydrogen-bond donors (Lipinski definition) is 4. The first kappa shape index (κ1) is 26.5. The summed E-state index contributed by atoms with van der Waals surface area (Å²) in [6.45, 7) is 0.613. The van der Waals surface area contributed by atoms with Gasteiger partial charge in [-0.05, 0) is 31.7 Å². The number of aliphatic carboxylic acids is 2. The van der Waals surface area contributed by atoms with Crippen molar-refractivity contribution in [3.63, 3.8) is 0 Å². The van der Waals surface area contributed by atoms with Crippen LogP contribution in [0.25, 0.3) is 0 Å². The number of methoxy groups -OCH3 is 1. The zero-order chi connectivity index (χ0) is 26.2. The van der Waals surface area contributed by atoms with Crippen molar-refractivity contribution in [1.29, 1.82) is 0 Å². The molecule has 2 aliphatic rings. The maximum Gasteiger partial charge on any atom is 0.328 e. The fourth-order valence-corrected chi connectivity index (χ4v) is 4.57. The van der Waals surface area contributed by atoms with E-state index in [1.54, 1.807) is 6.07 Å². The van der Waals surface area contributed by atoms with E-state index in [1.807, 2.05) is 12.1 Å². The summed E-state index contributed by atoms with van der Waals surface area (Å²) in [5, 5.41) is 18.7. The van der Waals surface area contributed by atoms with E-state index < -0.39 is 11.9 Å². The van der Waals surface area contributed by atoms with Gasteiger partial charge in [0.2, 0.25) is 11.8 Å². The normalized spacial score (nSPS) is 20.9. The van der Waals surface area contributed by atoms with Crippen LogP contribution in [0.15, 0.2) is 42.6 Å². The third kappa shape index (κ3) is 6.98. The van der Waals surface area contributed by atoms with Gasteiger partial charge in [-0.25, -0.2) is 19.0 Å². The second-order valence-corrected chi connectivity index (χ2v) is 8.45. The van der Waals surface area contributed by atoms with Crippen molar-refractivity contribution >= 4 is 23.8 Å². The number of hydrogen-bond acceptors (Lipinski definition) is 8. The highest BCUT2D eigenvalue weighted by atomic mass is 19.1. The number of carbonyl (C=O) groups is 3. The summed E-state index contributed by atoms with van der Waals surface area (Å²) in [6.07, 6.45) is 6.33. The van der Waals surface area contributed by atoms with Crippen LogP contribution >= 0.6 is 0 Å². The first-order chi connectivity index (χ1) is 17.2. The van der Waals surface area contributed by atoms with E-state index in [0.29, 0.717) is 30.8 Å². The summed E-state index contributed by atoms with van der Waals surface area (Å²) in [7, 11) is 1.44. The lowest BCUT2D eigenvalue weighted by atomic mass is 9.96. The van der Waals surface area contributed by atoms with Gasteiger partial charge in [-0.2, -0.15) is 4.98 Å². The Morgan fingerprint density at radius 2 is 1.78 bits per heavy atom. The molecule has 3 atom stereocenters. The number of nitrogen functional groups attached to an aromatic ring is 1. The van der Waals surface area contributed by atoms with E-state index in [0.717, 1.165) is 31.2 Å². The second-order valence-electron chi connectivity index (χ2n) is 8.45. The van der Waals surface area contributed by atoms with E-state index in [4.69, 9.17) is 20.7 Å². The van der Waals surface area contributed by atoms with Gasteiger partial charge in [-0.1, -0.05) is 18.2 Å². The number of carboxylic acid groups (broad SMARTS) is 2. The lowest BCUT2D eigenvalue weighted by Crippen LogP contribution is -2.50. The summed E-state index contributed by atoms with van der Waals surface area (Å²) in [5.74, 6) is -2.70. The average Bonchev–Trinajstić information content (AvgIpc) is 3.06. The number of nitrogens with zero attached hydrogens (tertiary/aromatic N) is 3. The standard InChI is InChI=1S/C20H24FN5O2.C4H4O4/c1-28-19-16(10-23-20(22)25-19)18(27)24-13-8-14-6-7-15(9-13)26(14)11-12-4-2-3-5-17(12)21;5-3(6)1-2-4(7)8/h2-5,10,13-15H,6-9,11H2,1H3,(H,24,27)(H2,22,23,25);1-2H,(H,5,6)(H,7,8)/b;2-1-/t13?,14-,15+;. The van der Waals surface area contributed by atoms with E-state index >= 15 is 0 Å². The number of nitrogens with two attached hydrogens (primary N) is 1. The molecule has 2 bridgehead atoms. The van der Waals surface area contributed by atoms with Crippen LogP contribution in [-0.4, -0.2) is 68.2 Å². The van der Waals surface area contributed by atoms with Gasteiger partial charge in [0.25, 0.3) is 5.91 Å². The largest absolute Gasteiger partial charge is 0.480 e. The molecular formula is C24H28FN5O6. The van der Waals surface area contributed by atoms with Crippen LogP contribution in [0.4, 0.5) is 10.3 Å². The maximum atomic E-state index is 14.0. The SMILES string of the molecule is COc1nc(N)ncc1C(=O)NC1C[C@H]2CC[C@@H](C1)N2Cc1ccccc1F.O=C(O)/C=C\C(=O)O. The van der Waals surface area contributed by atoms with E-state index in [2.05, 4.69) is 20.2 Å². The van der Waals surface area contributed by atoms with Crippen molar-refractivity contribution < 1.29 is 33.7 Å². The molecule has 1 aromatic heterocycles. The molecule has 12 heteroatoms. The number of piperidine rings is 1. The number of rotatable bonds is 7. The lowest BCUT2D eigenvalue weighted by molar-refractivity contribution is -0.134. The Kier molecular flexibility index (Phi) is 8.90. The first-order valence-corrected chi connectivity index (χ1v) is 11.3. The van der Waals surface area contributed by atoms with Crippen molar-refractivity contribution in [2.24, 2.45) is 0 Å². The summed E-state index contributed by atoms with van der Waals surface area (Å²) >= 11 is 0. The van der Waals surface area contributed by atoms with Crippen LogP contribution < -0.4 is 15.8 Å². The Labute approximate surface area is 206 Å². The van der Waals surface area contributed by atoms with Crippen molar-refractivity contribution in [3.8, 4) is 5.88 Å². The van der Waals surface area contributed by atoms with Gasteiger partial charge in [-0.15, -0.1) is 0 Å². The lowest BCUT2D eigenvalue weighted by Gasteiger charge is -2.39. The number of fused-ring (bicyclic) bond motifs is 2. The van der Waals surface area contributed by atoms with Crippen LogP contribution in [0.3, 0.4) is 0 Å². The molecule has 5 N–H and O–H groups in total. The Hall–Kier alpha value is -4.06. The molecule has 2 saturated heterocycles. The molecule has 2 aliphatic heterocycles. The molecule has 36 heavy (non-hydrogen) atoms. The highest BCUT2D eigenvalue weighted by Crippen LogP contribution is 2.37. The smallest absolute Gasteiger partial charge is 0.328 e. The molecule has 0 saturated carbocycles. The van der Waals surface area contributed by atoms with Crippen LogP contribution in [0.1, 0.15) is 41.6 Å². The maximum absolute atomic E-state index is 14.0. The predicted molar refractivity (Wildman–Crippen MR) is 127 cm³/mol. The summed E-state index contributed by atoms with van der Waals surface area (Å²) in [5.41, 5.74) is 6.56. The van der Waals surface area contributed by atoms with Crippen molar-refractivity contribution in [2.75, 3.05) is 12.8 Å². The van der Waals surface area contributed by atoms with Gasteiger partial charge in [0.05, 0.1) is 7.11 Å². The molecule has 3 heterocycles. The Morgan fingerprint density at radius 1 is 1.17 bits per heavy atom. The summed E-state index contributed by atoms with van der Waals surface area (Å²) < 4.78 is 19.2. The first-order valence-electron chi connectivity index (χ1n) is 11.3. The van der Waals surface area contributed by atoms with Gasteiger partial charge in [0.15, 0.2) is 0 Å². The number of benzene rings is 1. The molecule has 192 valence electrons. The molecule has 4 rings (SSSR count). The van der Waals surface area contributed by atoms with Crippen molar-refractivity contribution in [3.05, 3.63) is 59.6 Å². The molecule has 2 aromatic rings. The Balaban J connectivity index is 0.000000392. The molecule has 0 spiro atoms. The monoisotopic (exact) mass is 501 g/mol. The van der Waals surface area contributed by atoms with Gasteiger partial charge in [0, 0.05) is 48.6 Å². The van der Waals surface area contributed by atoms with E-state index in [-0.39, 0.29) is 35.2 Å². The number of halogens is 1. The minimum atomic E-state index is -1.26. The van der Waals surface area contributed by atoms with Gasteiger partial charge in [-0.3, -0.25) is 9.69 Å². The summed E-state index contributed by atoms with van der Waals surface area (Å²) in [4.78, 5) is 42.0. The predicted octanol–water partition coefficient (Wildman–Crippen LogP) is 1.84. The van der Waals surface area contributed by atoms with Crippen LogP contribution in [0.5, 0.6) is 5.88 Å². The molecule has 11 nitrogen and oxygen atoms in total. The van der Waals surface area contributed by atoms with E-state index in [9.17, 15) is 18.8 Å². The zero-order valence-electron chi connectivity index (χ0n) is 19.6. The minimum absolute atomic E-state index is 0.0594. The van der Waals surface area contributed by atoms with Crippen LogP contribution in [0.2, 0.25) is 0 Å². The quantitative estimate of drug-likeness (QED) is 0.411. The number of carboxylic acids is 2. The number of nitrogens with one attached hydrogen (secondary N) is 1. The number of anilines is 1. The number of ether oxygens (including phenoxy) is 1. The molecule has 2 fully saturated rings. The zero-order valence-corrected chi connectivity index (χ0v) is 19.6.